The molecule has 0 atom stereocenters. The summed E-state index contributed by atoms with van der Waals surface area (Å²) in [6.07, 6.45) is -3.58. The van der Waals surface area contributed by atoms with Crippen molar-refractivity contribution in [3.05, 3.63) is 70.1 Å². The van der Waals surface area contributed by atoms with E-state index in [4.69, 9.17) is 17.3 Å². The molecule has 2 heterocycles. The van der Waals surface area contributed by atoms with E-state index in [1.807, 2.05) is 10.9 Å². The van der Waals surface area contributed by atoms with Gasteiger partial charge in [-0.15, -0.1) is 0 Å². The number of benzene rings is 1. The van der Waals surface area contributed by atoms with Gasteiger partial charge >= 0.3 is 12.2 Å². The molecule has 0 unspecified atom stereocenters. The summed E-state index contributed by atoms with van der Waals surface area (Å²) in [5.41, 5.74) is 7.43. The van der Waals surface area contributed by atoms with E-state index in [9.17, 15) is 27.6 Å². The predicted octanol–water partition coefficient (Wildman–Crippen LogP) is 2.81. The predicted molar refractivity (Wildman–Crippen MR) is 111 cm³/mol. The average molecular weight is 482 g/mol. The number of carbonyl (C=O) groups excluding carboxylic acids is 3. The van der Waals surface area contributed by atoms with Crippen molar-refractivity contribution in [2.75, 3.05) is 5.32 Å². The number of urea groups is 1. The third-order valence-corrected chi connectivity index (χ3v) is 4.43. The second kappa shape index (κ2) is 9.16. The van der Waals surface area contributed by atoms with Crippen LogP contribution in [0.2, 0.25) is 5.02 Å². The Hall–Kier alpha value is -4.13. The van der Waals surface area contributed by atoms with Crippen molar-refractivity contribution in [2.24, 2.45) is 5.73 Å². The molecule has 4 amide bonds. The zero-order valence-electron chi connectivity index (χ0n) is 16.7. The van der Waals surface area contributed by atoms with E-state index >= 15 is 0 Å². The Bertz CT molecular complexity index is 1240. The number of rotatable bonds is 4. The first-order chi connectivity index (χ1) is 15.5. The highest BCUT2D eigenvalue weighted by Crippen LogP contribution is 2.31. The van der Waals surface area contributed by atoms with Crippen LogP contribution in [0.5, 0.6) is 0 Å². The van der Waals surface area contributed by atoms with Crippen LogP contribution in [0, 0.1) is 6.92 Å². The van der Waals surface area contributed by atoms with Crippen LogP contribution in [0.25, 0.3) is 5.82 Å². The molecule has 0 aliphatic rings. The van der Waals surface area contributed by atoms with Crippen LogP contribution in [0.4, 0.5) is 23.7 Å². The maximum absolute atomic E-state index is 13.3. The number of anilines is 1. The van der Waals surface area contributed by atoms with Gasteiger partial charge in [-0.25, -0.2) is 19.9 Å². The fourth-order valence-corrected chi connectivity index (χ4v) is 2.91. The maximum atomic E-state index is 13.3. The van der Waals surface area contributed by atoms with Crippen LogP contribution >= 0.6 is 11.6 Å². The number of alkyl halides is 3. The summed E-state index contributed by atoms with van der Waals surface area (Å²) in [6, 6.07) is 6.64. The van der Waals surface area contributed by atoms with Crippen LogP contribution in [-0.2, 0) is 6.18 Å². The van der Waals surface area contributed by atoms with Gasteiger partial charge < -0.3 is 11.1 Å². The highest BCUT2D eigenvalue weighted by atomic mass is 35.5. The van der Waals surface area contributed by atoms with E-state index in [-0.39, 0.29) is 22.1 Å². The molecular formula is C19H15ClF3N7O3. The number of primary amides is 1. The largest absolute Gasteiger partial charge is 0.435 e. The smallest absolute Gasteiger partial charge is 0.350 e. The number of carbonyl (C=O) groups is 3. The number of hydrogen-bond acceptors (Lipinski definition) is 5. The van der Waals surface area contributed by atoms with Crippen molar-refractivity contribution in [2.45, 2.75) is 13.1 Å². The van der Waals surface area contributed by atoms with Crippen molar-refractivity contribution in [1.82, 2.24) is 25.6 Å². The van der Waals surface area contributed by atoms with Crippen molar-refractivity contribution < 1.29 is 27.6 Å². The molecule has 10 nitrogen and oxygen atoms in total. The third kappa shape index (κ3) is 5.38. The fraction of sp³-hybridized carbons (Fsp3) is 0.105. The zero-order valence-corrected chi connectivity index (χ0v) is 17.5. The first kappa shape index (κ1) is 23.5. The molecule has 14 heteroatoms. The van der Waals surface area contributed by atoms with Crippen LogP contribution in [0.3, 0.4) is 0 Å². The molecule has 0 saturated heterocycles. The molecule has 33 heavy (non-hydrogen) atoms. The molecular weight excluding hydrogens is 467 g/mol. The Labute approximate surface area is 188 Å². The minimum Gasteiger partial charge on any atom is -0.350 e. The lowest BCUT2D eigenvalue weighted by Crippen LogP contribution is -2.44. The highest BCUT2D eigenvalue weighted by Gasteiger charge is 2.36. The summed E-state index contributed by atoms with van der Waals surface area (Å²) in [6.45, 7) is 1.67. The normalized spacial score (nSPS) is 11.1. The number of aromatic nitrogens is 3. The van der Waals surface area contributed by atoms with Gasteiger partial charge in [-0.3, -0.25) is 15.0 Å². The quantitative estimate of drug-likeness (QED) is 0.423. The number of aryl methyl sites for hydroxylation is 1. The van der Waals surface area contributed by atoms with Gasteiger partial charge in [0.2, 0.25) is 0 Å². The van der Waals surface area contributed by atoms with Gasteiger partial charge in [0.25, 0.3) is 11.8 Å². The lowest BCUT2D eigenvalue weighted by molar-refractivity contribution is -0.141. The lowest BCUT2D eigenvalue weighted by atomic mass is 10.1. The second-order valence-electron chi connectivity index (χ2n) is 6.58. The van der Waals surface area contributed by atoms with E-state index in [0.717, 1.165) is 0 Å². The van der Waals surface area contributed by atoms with Crippen molar-refractivity contribution in [3.8, 4) is 5.82 Å². The molecule has 172 valence electrons. The SMILES string of the molecule is Cc1ccc(C(=O)NNC(N)=O)c(NC(=O)c2cc(C(F)(F)F)nn2-c2ncccc2Cl)c1. The molecule has 0 aliphatic carbocycles. The number of hydrazine groups is 1. The maximum Gasteiger partial charge on any atom is 0.435 e. The van der Waals surface area contributed by atoms with E-state index in [1.54, 1.807) is 13.0 Å². The summed E-state index contributed by atoms with van der Waals surface area (Å²) in [5.74, 6) is -2.06. The Morgan fingerprint density at radius 2 is 1.82 bits per heavy atom. The monoisotopic (exact) mass is 481 g/mol. The van der Waals surface area contributed by atoms with Gasteiger partial charge in [0, 0.05) is 12.3 Å². The van der Waals surface area contributed by atoms with Crippen LogP contribution in [0.15, 0.2) is 42.6 Å². The number of nitrogens with two attached hydrogens (primary N) is 1. The second-order valence-corrected chi connectivity index (χ2v) is 6.99. The van der Waals surface area contributed by atoms with Gasteiger partial charge in [-0.1, -0.05) is 17.7 Å². The Morgan fingerprint density at radius 1 is 1.09 bits per heavy atom. The minimum absolute atomic E-state index is 0.0443. The van der Waals surface area contributed by atoms with E-state index in [2.05, 4.69) is 15.4 Å². The molecule has 3 aromatic rings. The molecule has 2 aromatic heterocycles. The first-order valence-electron chi connectivity index (χ1n) is 9.03. The third-order valence-electron chi connectivity index (χ3n) is 4.14. The van der Waals surface area contributed by atoms with Crippen LogP contribution in [0.1, 0.15) is 32.1 Å². The Balaban J connectivity index is 2.03. The number of halogens is 4. The van der Waals surface area contributed by atoms with Gasteiger partial charge in [-0.05, 0) is 36.8 Å². The highest BCUT2D eigenvalue weighted by molar-refractivity contribution is 6.32. The number of nitrogens with zero attached hydrogens (tertiary/aromatic N) is 3. The number of amides is 4. The molecule has 3 rings (SSSR count). The van der Waals surface area contributed by atoms with Crippen molar-refractivity contribution in [1.29, 1.82) is 0 Å². The van der Waals surface area contributed by atoms with E-state index < -0.39 is 35.4 Å². The summed E-state index contributed by atoms with van der Waals surface area (Å²) in [7, 11) is 0. The standard InChI is InChI=1S/C19H15ClF3N7O3/c1-9-4-5-10(16(31)27-28-18(24)33)12(7-9)26-17(32)13-8-14(19(21,22)23)29-30(13)15-11(20)3-2-6-25-15/h2-8H,1H3,(H,26,32)(H,27,31)(H3,24,28,33). The molecule has 0 spiro atoms. The Morgan fingerprint density at radius 3 is 2.45 bits per heavy atom. The molecule has 1 aromatic carbocycles. The average Bonchev–Trinajstić information content (AvgIpc) is 3.18. The molecule has 0 saturated carbocycles. The van der Waals surface area contributed by atoms with Crippen LogP contribution < -0.4 is 21.9 Å². The zero-order chi connectivity index (χ0) is 24.3. The van der Waals surface area contributed by atoms with Crippen LogP contribution in [-0.4, -0.2) is 32.6 Å². The summed E-state index contributed by atoms with van der Waals surface area (Å²) < 4.78 is 40.6. The van der Waals surface area contributed by atoms with Gasteiger partial charge in [0.05, 0.1) is 16.3 Å². The Kier molecular flexibility index (Phi) is 6.53. The first-order valence-corrected chi connectivity index (χ1v) is 9.41. The van der Waals surface area contributed by atoms with Crippen molar-refractivity contribution in [3.63, 3.8) is 0 Å². The van der Waals surface area contributed by atoms with Gasteiger partial charge in [0.1, 0.15) is 5.69 Å². The van der Waals surface area contributed by atoms with E-state index in [1.165, 1.54) is 30.5 Å². The fourth-order valence-electron chi connectivity index (χ4n) is 2.71. The van der Waals surface area contributed by atoms with Gasteiger partial charge in [-0.2, -0.15) is 18.3 Å². The van der Waals surface area contributed by atoms with E-state index in [0.29, 0.717) is 16.3 Å². The molecule has 5 N–H and O–H groups in total. The number of pyridine rings is 1. The van der Waals surface area contributed by atoms with Gasteiger partial charge in [0.15, 0.2) is 11.5 Å². The minimum atomic E-state index is -4.85. The molecule has 0 fully saturated rings. The summed E-state index contributed by atoms with van der Waals surface area (Å²) in [5, 5.41) is 5.79. The lowest BCUT2D eigenvalue weighted by Gasteiger charge is -2.13. The molecule has 0 aliphatic heterocycles. The topological polar surface area (TPSA) is 144 Å². The summed E-state index contributed by atoms with van der Waals surface area (Å²) in [4.78, 5) is 40.0. The molecule has 0 radical (unpaired) electrons. The van der Waals surface area contributed by atoms with Crippen molar-refractivity contribution >= 4 is 35.1 Å². The number of hydrogen-bond donors (Lipinski definition) is 4. The molecule has 0 bridgehead atoms. The summed E-state index contributed by atoms with van der Waals surface area (Å²) >= 11 is 6.03. The number of nitrogens with one attached hydrogen (secondary N) is 3.